The summed E-state index contributed by atoms with van der Waals surface area (Å²) in [6.07, 6.45) is 1.59. The fourth-order valence-electron chi connectivity index (χ4n) is 2.63. The minimum Gasteiger partial charge on any atom is -0.359 e. The Bertz CT molecular complexity index is 554. The molecule has 0 bridgehead atoms. The maximum absolute atomic E-state index is 12.1. The lowest BCUT2D eigenvalue weighted by atomic mass is 9.96. The number of carbonyl (C=O) groups is 2. The van der Waals surface area contributed by atoms with Gasteiger partial charge in [0.1, 0.15) is 0 Å². The van der Waals surface area contributed by atoms with Crippen LogP contribution in [0.15, 0.2) is 18.2 Å². The third-order valence-electron chi connectivity index (χ3n) is 4.03. The van der Waals surface area contributed by atoms with Crippen LogP contribution in [0.5, 0.6) is 0 Å². The molecule has 5 nitrogen and oxygen atoms in total. The maximum atomic E-state index is 12.1. The zero-order valence-corrected chi connectivity index (χ0v) is 13.7. The molecule has 6 heteroatoms. The van der Waals surface area contributed by atoms with E-state index in [1.54, 1.807) is 13.1 Å². The van der Waals surface area contributed by atoms with Crippen molar-refractivity contribution in [2.45, 2.75) is 19.8 Å². The molecule has 1 saturated heterocycles. The molecule has 0 saturated carbocycles. The van der Waals surface area contributed by atoms with Crippen LogP contribution in [0.25, 0.3) is 0 Å². The van der Waals surface area contributed by atoms with Crippen LogP contribution in [0.4, 0.5) is 5.69 Å². The first kappa shape index (κ1) is 16.8. The second-order valence-corrected chi connectivity index (χ2v) is 6.08. The number of likely N-dealkylation sites (tertiary alicyclic amines) is 1. The van der Waals surface area contributed by atoms with Gasteiger partial charge in [-0.05, 0) is 50.6 Å². The quantitative estimate of drug-likeness (QED) is 0.891. The zero-order valence-electron chi connectivity index (χ0n) is 13.0. The van der Waals surface area contributed by atoms with Crippen LogP contribution in [0.3, 0.4) is 0 Å². The molecule has 2 N–H and O–H groups in total. The van der Waals surface area contributed by atoms with E-state index >= 15 is 0 Å². The predicted molar refractivity (Wildman–Crippen MR) is 88.0 cm³/mol. The molecular weight excluding hydrogens is 302 g/mol. The molecule has 22 heavy (non-hydrogen) atoms. The average molecular weight is 324 g/mol. The van der Waals surface area contributed by atoms with E-state index in [-0.39, 0.29) is 17.7 Å². The fourth-order valence-corrected chi connectivity index (χ4v) is 2.81. The van der Waals surface area contributed by atoms with Gasteiger partial charge in [-0.15, -0.1) is 0 Å². The first-order valence-electron chi connectivity index (χ1n) is 7.49. The normalized spacial score (nSPS) is 16.3. The molecule has 1 fully saturated rings. The lowest BCUT2D eigenvalue weighted by Gasteiger charge is -2.30. The maximum Gasteiger partial charge on any atom is 0.238 e. The van der Waals surface area contributed by atoms with E-state index < -0.39 is 0 Å². The van der Waals surface area contributed by atoms with Crippen LogP contribution in [-0.2, 0) is 9.59 Å². The SMILES string of the molecule is CNC(=O)C1CCN(CC(=O)Nc2ccc(C)c(Cl)c2)CC1. The van der Waals surface area contributed by atoms with E-state index in [9.17, 15) is 9.59 Å². The number of nitrogens with one attached hydrogen (secondary N) is 2. The molecule has 0 aromatic heterocycles. The van der Waals surface area contributed by atoms with Crippen molar-refractivity contribution >= 4 is 29.1 Å². The second-order valence-electron chi connectivity index (χ2n) is 5.68. The van der Waals surface area contributed by atoms with E-state index in [4.69, 9.17) is 11.6 Å². The number of hydrogen-bond acceptors (Lipinski definition) is 3. The smallest absolute Gasteiger partial charge is 0.238 e. The van der Waals surface area contributed by atoms with E-state index in [1.165, 1.54) is 0 Å². The number of carbonyl (C=O) groups excluding carboxylic acids is 2. The van der Waals surface area contributed by atoms with Crippen molar-refractivity contribution in [3.05, 3.63) is 28.8 Å². The topological polar surface area (TPSA) is 61.4 Å². The van der Waals surface area contributed by atoms with Crippen molar-refractivity contribution in [3.63, 3.8) is 0 Å². The summed E-state index contributed by atoms with van der Waals surface area (Å²) in [5.74, 6) is 0.108. The number of rotatable bonds is 4. The summed E-state index contributed by atoms with van der Waals surface area (Å²) in [6.45, 7) is 3.79. The van der Waals surface area contributed by atoms with Gasteiger partial charge in [-0.25, -0.2) is 0 Å². The third kappa shape index (κ3) is 4.45. The van der Waals surface area contributed by atoms with E-state index in [2.05, 4.69) is 15.5 Å². The summed E-state index contributed by atoms with van der Waals surface area (Å²) in [4.78, 5) is 25.7. The first-order chi connectivity index (χ1) is 10.5. The van der Waals surface area contributed by atoms with Crippen LogP contribution < -0.4 is 10.6 Å². The molecule has 0 atom stereocenters. The Kier molecular flexibility index (Phi) is 5.80. The molecule has 120 valence electrons. The van der Waals surface area contributed by atoms with Gasteiger partial charge in [0.05, 0.1) is 6.54 Å². The minimum absolute atomic E-state index is 0.0571. The standard InChI is InChI=1S/C16H22ClN3O2/c1-11-3-4-13(9-14(11)17)19-15(21)10-20-7-5-12(6-8-20)16(22)18-2/h3-4,9,12H,5-8,10H2,1-2H3,(H,18,22)(H,19,21). The lowest BCUT2D eigenvalue weighted by Crippen LogP contribution is -2.42. The minimum atomic E-state index is -0.0571. The van der Waals surface area contributed by atoms with Crippen LogP contribution in [0.1, 0.15) is 18.4 Å². The number of anilines is 1. The highest BCUT2D eigenvalue weighted by Gasteiger charge is 2.25. The largest absolute Gasteiger partial charge is 0.359 e. The highest BCUT2D eigenvalue weighted by atomic mass is 35.5. The van der Waals surface area contributed by atoms with Crippen molar-refractivity contribution in [1.82, 2.24) is 10.2 Å². The molecule has 0 aliphatic carbocycles. The van der Waals surface area contributed by atoms with Crippen LogP contribution >= 0.6 is 11.6 Å². The summed E-state index contributed by atoms with van der Waals surface area (Å²) in [7, 11) is 1.66. The van der Waals surface area contributed by atoms with Gasteiger partial charge < -0.3 is 10.6 Å². The van der Waals surface area contributed by atoms with Gasteiger partial charge >= 0.3 is 0 Å². The zero-order chi connectivity index (χ0) is 16.1. The Labute approximate surface area is 136 Å². The van der Waals surface area contributed by atoms with Crippen LogP contribution in [-0.4, -0.2) is 43.4 Å². The monoisotopic (exact) mass is 323 g/mol. The molecule has 0 radical (unpaired) electrons. The van der Waals surface area contributed by atoms with Gasteiger partial charge in [0, 0.05) is 23.7 Å². The summed E-state index contributed by atoms with van der Waals surface area (Å²) < 4.78 is 0. The van der Waals surface area contributed by atoms with Gasteiger partial charge in [0.15, 0.2) is 0 Å². The number of amides is 2. The number of piperidine rings is 1. The lowest BCUT2D eigenvalue weighted by molar-refractivity contribution is -0.126. The molecule has 1 heterocycles. The molecule has 1 aliphatic rings. The average Bonchev–Trinajstić information content (AvgIpc) is 2.51. The molecule has 2 amide bonds. The van der Waals surface area contributed by atoms with Gasteiger partial charge in [-0.1, -0.05) is 17.7 Å². The first-order valence-corrected chi connectivity index (χ1v) is 7.87. The summed E-state index contributed by atoms with van der Waals surface area (Å²) >= 11 is 6.05. The molecule has 1 aromatic carbocycles. The number of benzene rings is 1. The predicted octanol–water partition coefficient (Wildman–Crippen LogP) is 2.04. The Morgan fingerprint density at radius 2 is 2.00 bits per heavy atom. The van der Waals surface area contributed by atoms with Crippen LogP contribution in [0.2, 0.25) is 5.02 Å². The van der Waals surface area contributed by atoms with Gasteiger partial charge in [0.25, 0.3) is 0 Å². The molecule has 0 spiro atoms. The van der Waals surface area contributed by atoms with Gasteiger partial charge in [0.2, 0.25) is 11.8 Å². The molecule has 1 aromatic rings. The highest BCUT2D eigenvalue weighted by Crippen LogP contribution is 2.20. The number of aryl methyl sites for hydroxylation is 1. The van der Waals surface area contributed by atoms with Crippen molar-refractivity contribution in [2.75, 3.05) is 32.0 Å². The molecule has 0 unspecified atom stereocenters. The van der Waals surface area contributed by atoms with E-state index in [1.807, 2.05) is 19.1 Å². The van der Waals surface area contributed by atoms with Crippen LogP contribution in [0, 0.1) is 12.8 Å². The van der Waals surface area contributed by atoms with Gasteiger partial charge in [-0.3, -0.25) is 14.5 Å². The number of nitrogens with zero attached hydrogens (tertiary/aromatic N) is 1. The molecular formula is C16H22ClN3O2. The Balaban J connectivity index is 1.80. The van der Waals surface area contributed by atoms with E-state index in [0.717, 1.165) is 31.5 Å². The Morgan fingerprint density at radius 3 is 2.59 bits per heavy atom. The summed E-state index contributed by atoms with van der Waals surface area (Å²) in [5.41, 5.74) is 1.69. The van der Waals surface area contributed by atoms with Crippen molar-refractivity contribution in [3.8, 4) is 0 Å². The highest BCUT2D eigenvalue weighted by molar-refractivity contribution is 6.31. The fraction of sp³-hybridized carbons (Fsp3) is 0.500. The molecule has 1 aliphatic heterocycles. The second kappa shape index (κ2) is 7.61. The van der Waals surface area contributed by atoms with E-state index in [0.29, 0.717) is 17.3 Å². The molecule has 2 rings (SSSR count). The van der Waals surface area contributed by atoms with Crippen molar-refractivity contribution in [1.29, 1.82) is 0 Å². The number of halogens is 1. The Hall–Kier alpha value is -1.59. The number of hydrogen-bond donors (Lipinski definition) is 2. The summed E-state index contributed by atoms with van der Waals surface area (Å²) in [5, 5.41) is 6.18. The van der Waals surface area contributed by atoms with Crippen molar-refractivity contribution in [2.24, 2.45) is 5.92 Å². The Morgan fingerprint density at radius 1 is 1.32 bits per heavy atom. The van der Waals surface area contributed by atoms with Gasteiger partial charge in [-0.2, -0.15) is 0 Å². The van der Waals surface area contributed by atoms with Crippen molar-refractivity contribution < 1.29 is 9.59 Å². The summed E-state index contributed by atoms with van der Waals surface area (Å²) in [6, 6.07) is 5.48. The third-order valence-corrected chi connectivity index (χ3v) is 4.43.